The quantitative estimate of drug-likeness (QED) is 0.427. The van der Waals surface area contributed by atoms with Crippen LogP contribution in [0.1, 0.15) is 17.2 Å². The minimum Gasteiger partial charge on any atom is -0.508 e. The van der Waals surface area contributed by atoms with Gasteiger partial charge in [-0.1, -0.05) is 42.5 Å². The number of hydrogen-bond donors (Lipinski definition) is 2. The number of aromatic hydroxyl groups is 1. The van der Waals surface area contributed by atoms with E-state index in [1.54, 1.807) is 60.7 Å². The number of carbonyl (C=O) groups excluding carboxylic acids is 3. The van der Waals surface area contributed by atoms with Crippen molar-refractivity contribution in [2.24, 2.45) is 11.8 Å². The van der Waals surface area contributed by atoms with Gasteiger partial charge in [0.1, 0.15) is 5.75 Å². The molecule has 6 rings (SSSR count). The van der Waals surface area contributed by atoms with Crippen LogP contribution < -0.4 is 19.7 Å². The van der Waals surface area contributed by atoms with E-state index in [4.69, 9.17) is 14.2 Å². The van der Waals surface area contributed by atoms with Crippen LogP contribution in [0.5, 0.6) is 17.2 Å². The van der Waals surface area contributed by atoms with Crippen LogP contribution in [-0.4, -0.2) is 36.8 Å². The lowest BCUT2D eigenvalue weighted by Crippen LogP contribution is -2.53. The summed E-state index contributed by atoms with van der Waals surface area (Å²) in [5.74, 6) is -2.61. The molecule has 36 heavy (non-hydrogen) atoms. The highest BCUT2D eigenvalue weighted by Crippen LogP contribution is 2.54. The Balaban J connectivity index is 1.53. The predicted molar refractivity (Wildman–Crippen MR) is 126 cm³/mol. The molecule has 3 aliphatic heterocycles. The second-order valence-corrected chi connectivity index (χ2v) is 8.93. The van der Waals surface area contributed by atoms with Crippen molar-refractivity contribution in [2.75, 3.05) is 18.8 Å². The van der Waals surface area contributed by atoms with Gasteiger partial charge in [-0.25, -0.2) is 9.69 Å². The van der Waals surface area contributed by atoms with Gasteiger partial charge in [-0.15, -0.1) is 0 Å². The summed E-state index contributed by atoms with van der Waals surface area (Å²) in [7, 11) is 1.26. The van der Waals surface area contributed by atoms with Crippen LogP contribution in [0.3, 0.4) is 0 Å². The second-order valence-electron chi connectivity index (χ2n) is 8.93. The van der Waals surface area contributed by atoms with Crippen molar-refractivity contribution in [1.29, 1.82) is 0 Å². The number of imide groups is 1. The van der Waals surface area contributed by atoms with Gasteiger partial charge in [-0.2, -0.15) is 0 Å². The number of nitrogens with one attached hydrogen (secondary N) is 1. The zero-order valence-electron chi connectivity index (χ0n) is 19.2. The summed E-state index contributed by atoms with van der Waals surface area (Å²) < 4.78 is 16.0. The Hall–Kier alpha value is -4.37. The van der Waals surface area contributed by atoms with Crippen molar-refractivity contribution < 1.29 is 33.7 Å². The van der Waals surface area contributed by atoms with Crippen LogP contribution in [0, 0.1) is 11.8 Å². The molecule has 3 aromatic rings. The van der Waals surface area contributed by atoms with Crippen molar-refractivity contribution >= 4 is 23.5 Å². The molecular weight excluding hydrogens is 464 g/mol. The van der Waals surface area contributed by atoms with E-state index in [0.29, 0.717) is 28.3 Å². The lowest BCUT2D eigenvalue weighted by molar-refractivity contribution is -0.152. The number of fused-ring (bicyclic) bond motifs is 2. The SMILES string of the molecule is COC(=O)[C@]1(c2ccccc2)N[C@H](c2ccc(O)cc2)[C@@H]2C(=O)N(c3ccc4c(c3)OCO4)C(=O)[C@H]21. The number of carbonyl (C=O) groups is 3. The maximum absolute atomic E-state index is 14.1. The van der Waals surface area contributed by atoms with E-state index < -0.39 is 41.2 Å². The fraction of sp³-hybridized carbons (Fsp3) is 0.222. The van der Waals surface area contributed by atoms with Gasteiger partial charge in [-0.05, 0) is 35.4 Å². The monoisotopic (exact) mass is 486 g/mol. The summed E-state index contributed by atoms with van der Waals surface area (Å²) in [5.41, 5.74) is -0.110. The van der Waals surface area contributed by atoms with E-state index in [1.807, 2.05) is 0 Å². The summed E-state index contributed by atoms with van der Waals surface area (Å²) in [6, 6.07) is 19.3. The standard InChI is InChI=1S/C27H22N2O7/c1-34-26(33)27(16-5-3-2-4-6-16)22-21(23(28-27)15-7-10-18(30)11-8-15)24(31)29(25(22)32)17-9-12-19-20(13-17)36-14-35-19/h2-13,21-23,28,30H,14H2,1H3/t21-,22+,23-,27-/m1/s1. The van der Waals surface area contributed by atoms with Gasteiger partial charge in [0, 0.05) is 12.1 Å². The summed E-state index contributed by atoms with van der Waals surface area (Å²) in [6.07, 6.45) is 0. The largest absolute Gasteiger partial charge is 0.508 e. The van der Waals surface area contributed by atoms with E-state index in [0.717, 1.165) is 4.90 Å². The summed E-state index contributed by atoms with van der Waals surface area (Å²) in [6.45, 7) is 0.0538. The molecule has 3 heterocycles. The zero-order chi connectivity index (χ0) is 25.0. The summed E-state index contributed by atoms with van der Waals surface area (Å²) >= 11 is 0. The molecule has 2 fully saturated rings. The van der Waals surface area contributed by atoms with E-state index in [1.165, 1.54) is 19.2 Å². The Bertz CT molecular complexity index is 1370. The smallest absolute Gasteiger partial charge is 0.331 e. The minimum absolute atomic E-state index is 0.0538. The Morgan fingerprint density at radius 1 is 1.00 bits per heavy atom. The van der Waals surface area contributed by atoms with Crippen LogP contribution >= 0.6 is 0 Å². The number of ether oxygens (including phenoxy) is 3. The summed E-state index contributed by atoms with van der Waals surface area (Å²) in [5, 5.41) is 13.1. The Morgan fingerprint density at radius 2 is 1.72 bits per heavy atom. The molecule has 2 amide bonds. The highest BCUT2D eigenvalue weighted by Gasteiger charge is 2.69. The molecule has 0 aliphatic carbocycles. The first-order chi connectivity index (χ1) is 17.5. The maximum Gasteiger partial charge on any atom is 0.331 e. The number of methoxy groups -OCH3 is 1. The van der Waals surface area contributed by atoms with Gasteiger partial charge in [0.2, 0.25) is 18.6 Å². The highest BCUT2D eigenvalue weighted by molar-refractivity contribution is 6.24. The molecule has 0 radical (unpaired) electrons. The first-order valence-electron chi connectivity index (χ1n) is 11.4. The number of amides is 2. The molecule has 0 aromatic heterocycles. The van der Waals surface area contributed by atoms with Crippen LogP contribution in [0.2, 0.25) is 0 Å². The van der Waals surface area contributed by atoms with Crippen LogP contribution in [0.25, 0.3) is 0 Å². The van der Waals surface area contributed by atoms with E-state index in [2.05, 4.69) is 5.32 Å². The third-order valence-electron chi connectivity index (χ3n) is 7.16. The van der Waals surface area contributed by atoms with E-state index in [-0.39, 0.29) is 12.5 Å². The van der Waals surface area contributed by atoms with E-state index >= 15 is 0 Å². The third-order valence-corrected chi connectivity index (χ3v) is 7.16. The fourth-order valence-electron chi connectivity index (χ4n) is 5.59. The molecule has 0 saturated carbocycles. The number of phenolic OH excluding ortho intramolecular Hbond substituents is 1. The molecule has 4 atom stereocenters. The Labute approximate surface area is 206 Å². The first kappa shape index (κ1) is 22.1. The number of benzene rings is 3. The number of anilines is 1. The highest BCUT2D eigenvalue weighted by atomic mass is 16.7. The Morgan fingerprint density at radius 3 is 2.44 bits per heavy atom. The summed E-state index contributed by atoms with van der Waals surface area (Å²) in [4.78, 5) is 42.7. The number of rotatable bonds is 4. The molecule has 182 valence electrons. The van der Waals surface area contributed by atoms with Gasteiger partial charge in [0.05, 0.1) is 24.6 Å². The van der Waals surface area contributed by atoms with Gasteiger partial charge in [-0.3, -0.25) is 14.9 Å². The lowest BCUT2D eigenvalue weighted by atomic mass is 9.75. The average molecular weight is 486 g/mol. The number of esters is 1. The van der Waals surface area contributed by atoms with Crippen LogP contribution in [0.15, 0.2) is 72.8 Å². The number of phenols is 1. The Kier molecular flexibility index (Phi) is 4.97. The molecule has 9 heteroatoms. The van der Waals surface area contributed by atoms with Gasteiger partial charge >= 0.3 is 5.97 Å². The lowest BCUT2D eigenvalue weighted by Gasteiger charge is -2.33. The average Bonchev–Trinajstić information content (AvgIpc) is 3.58. The van der Waals surface area contributed by atoms with Gasteiger partial charge < -0.3 is 19.3 Å². The molecule has 9 nitrogen and oxygen atoms in total. The molecular formula is C27H22N2O7. The molecule has 0 bridgehead atoms. The predicted octanol–water partition coefficient (Wildman–Crippen LogP) is 2.64. The molecule has 0 spiro atoms. The van der Waals surface area contributed by atoms with Crippen molar-refractivity contribution in [3.63, 3.8) is 0 Å². The third kappa shape index (κ3) is 3.02. The number of hydrogen-bond acceptors (Lipinski definition) is 8. The first-order valence-corrected chi connectivity index (χ1v) is 11.4. The fourth-order valence-corrected chi connectivity index (χ4v) is 5.59. The molecule has 0 unspecified atom stereocenters. The maximum atomic E-state index is 14.1. The second kappa shape index (κ2) is 8.10. The zero-order valence-corrected chi connectivity index (χ0v) is 19.2. The van der Waals surface area contributed by atoms with Crippen LogP contribution in [0.4, 0.5) is 5.69 Å². The van der Waals surface area contributed by atoms with Crippen LogP contribution in [-0.2, 0) is 24.7 Å². The molecule has 2 N–H and O–H groups in total. The van der Waals surface area contributed by atoms with Crippen molar-refractivity contribution in [3.05, 3.63) is 83.9 Å². The van der Waals surface area contributed by atoms with Gasteiger partial charge in [0.15, 0.2) is 17.0 Å². The molecule has 3 aromatic carbocycles. The molecule has 3 aliphatic rings. The van der Waals surface area contributed by atoms with Gasteiger partial charge in [0.25, 0.3) is 0 Å². The topological polar surface area (TPSA) is 114 Å². The normalized spacial score (nSPS) is 26.2. The number of nitrogens with zero attached hydrogens (tertiary/aromatic N) is 1. The minimum atomic E-state index is -1.61. The van der Waals surface area contributed by atoms with Crippen molar-refractivity contribution in [3.8, 4) is 17.2 Å². The van der Waals surface area contributed by atoms with Crippen molar-refractivity contribution in [2.45, 2.75) is 11.6 Å². The van der Waals surface area contributed by atoms with Crippen molar-refractivity contribution in [1.82, 2.24) is 5.32 Å². The molecule has 2 saturated heterocycles. The van der Waals surface area contributed by atoms with E-state index in [9.17, 15) is 19.5 Å².